The van der Waals surface area contributed by atoms with Gasteiger partial charge in [0.1, 0.15) is 0 Å². The molecule has 2 heteroatoms. The molecule has 3 aliphatic rings. The first-order valence-electron chi connectivity index (χ1n) is 7.83. The fraction of sp³-hybridized carbons (Fsp3) is 0.938. The normalized spacial score (nSPS) is 40.7. The predicted molar refractivity (Wildman–Crippen MR) is 71.1 cm³/mol. The van der Waals surface area contributed by atoms with Crippen LogP contribution in [-0.4, -0.2) is 13.1 Å². The van der Waals surface area contributed by atoms with Crippen LogP contribution in [0.25, 0.3) is 0 Å². The second-order valence-corrected chi connectivity index (χ2v) is 6.88. The third-order valence-corrected chi connectivity index (χ3v) is 6.02. The van der Waals surface area contributed by atoms with Gasteiger partial charge < -0.3 is 4.74 Å². The van der Waals surface area contributed by atoms with Gasteiger partial charge in [-0.15, -0.1) is 0 Å². The van der Waals surface area contributed by atoms with E-state index in [2.05, 4.69) is 0 Å². The standard InChI is InChI=1S/C16H26O2/c1-18-15(17)14-11-16(14)9-7-13(8-10-16)12-5-3-2-4-6-12/h12-14H,2-11H2,1H3. The van der Waals surface area contributed by atoms with Crippen molar-refractivity contribution in [2.75, 3.05) is 7.11 Å². The van der Waals surface area contributed by atoms with Crippen LogP contribution in [0.4, 0.5) is 0 Å². The highest BCUT2D eigenvalue weighted by Crippen LogP contribution is 2.63. The first kappa shape index (κ1) is 12.5. The maximum absolute atomic E-state index is 11.6. The van der Waals surface area contributed by atoms with Gasteiger partial charge in [0.25, 0.3) is 0 Å². The molecule has 3 fully saturated rings. The molecule has 0 N–H and O–H groups in total. The molecule has 0 bridgehead atoms. The fourth-order valence-electron chi connectivity index (χ4n) is 4.67. The maximum atomic E-state index is 11.6. The van der Waals surface area contributed by atoms with E-state index in [4.69, 9.17) is 4.74 Å². The summed E-state index contributed by atoms with van der Waals surface area (Å²) >= 11 is 0. The predicted octanol–water partition coefficient (Wildman–Crippen LogP) is 3.94. The Morgan fingerprint density at radius 1 is 1.00 bits per heavy atom. The molecule has 2 nitrogen and oxygen atoms in total. The van der Waals surface area contributed by atoms with Crippen molar-refractivity contribution in [1.82, 2.24) is 0 Å². The van der Waals surface area contributed by atoms with Gasteiger partial charge in [0, 0.05) is 0 Å². The van der Waals surface area contributed by atoms with Crippen molar-refractivity contribution in [3.8, 4) is 0 Å². The van der Waals surface area contributed by atoms with E-state index in [1.807, 2.05) is 0 Å². The highest BCUT2D eigenvalue weighted by Gasteiger charge is 2.59. The number of hydrogen-bond donors (Lipinski definition) is 0. The average Bonchev–Trinajstić information content (AvgIpc) is 3.13. The average molecular weight is 250 g/mol. The summed E-state index contributed by atoms with van der Waals surface area (Å²) < 4.78 is 4.91. The third kappa shape index (κ3) is 2.19. The number of methoxy groups -OCH3 is 1. The lowest BCUT2D eigenvalue weighted by atomic mass is 9.69. The minimum Gasteiger partial charge on any atom is -0.469 e. The Balaban J connectivity index is 1.51. The molecule has 0 aliphatic heterocycles. The summed E-state index contributed by atoms with van der Waals surface area (Å²) in [5, 5.41) is 0. The molecule has 102 valence electrons. The van der Waals surface area contributed by atoms with E-state index in [1.165, 1.54) is 64.9 Å². The molecule has 0 saturated heterocycles. The van der Waals surface area contributed by atoms with E-state index < -0.39 is 0 Å². The van der Waals surface area contributed by atoms with Gasteiger partial charge in [-0.25, -0.2) is 0 Å². The van der Waals surface area contributed by atoms with Crippen molar-refractivity contribution in [3.63, 3.8) is 0 Å². The number of carbonyl (C=O) groups is 1. The lowest BCUT2D eigenvalue weighted by Gasteiger charge is -2.36. The van der Waals surface area contributed by atoms with Crippen LogP contribution in [0.5, 0.6) is 0 Å². The summed E-state index contributed by atoms with van der Waals surface area (Å²) in [6, 6.07) is 0. The molecule has 1 spiro atoms. The van der Waals surface area contributed by atoms with Crippen molar-refractivity contribution < 1.29 is 9.53 Å². The van der Waals surface area contributed by atoms with Gasteiger partial charge in [0.05, 0.1) is 13.0 Å². The zero-order valence-electron chi connectivity index (χ0n) is 11.6. The molecule has 0 aromatic carbocycles. The first-order valence-corrected chi connectivity index (χ1v) is 7.83. The van der Waals surface area contributed by atoms with E-state index in [-0.39, 0.29) is 11.9 Å². The SMILES string of the molecule is COC(=O)C1CC12CCC(C1CCCCC1)CC2. The topological polar surface area (TPSA) is 26.3 Å². The van der Waals surface area contributed by atoms with Gasteiger partial charge in [-0.05, 0) is 49.4 Å². The summed E-state index contributed by atoms with van der Waals surface area (Å²) in [5.74, 6) is 2.27. The van der Waals surface area contributed by atoms with Crippen LogP contribution in [0.2, 0.25) is 0 Å². The minimum absolute atomic E-state index is 0.0473. The second-order valence-electron chi connectivity index (χ2n) is 6.88. The molecule has 0 heterocycles. The van der Waals surface area contributed by atoms with Gasteiger partial charge in [-0.3, -0.25) is 4.79 Å². The highest BCUT2D eigenvalue weighted by atomic mass is 16.5. The Bertz CT molecular complexity index is 309. The summed E-state index contributed by atoms with van der Waals surface area (Å²) in [7, 11) is 1.53. The van der Waals surface area contributed by atoms with Gasteiger partial charge in [0.2, 0.25) is 0 Å². The second kappa shape index (κ2) is 4.86. The van der Waals surface area contributed by atoms with Crippen molar-refractivity contribution >= 4 is 5.97 Å². The van der Waals surface area contributed by atoms with E-state index >= 15 is 0 Å². The lowest BCUT2D eigenvalue weighted by molar-refractivity contribution is -0.143. The van der Waals surface area contributed by atoms with Crippen molar-refractivity contribution in [3.05, 3.63) is 0 Å². The maximum Gasteiger partial charge on any atom is 0.309 e. The third-order valence-electron chi connectivity index (χ3n) is 6.02. The lowest BCUT2D eigenvalue weighted by Crippen LogP contribution is -2.26. The zero-order valence-corrected chi connectivity index (χ0v) is 11.6. The van der Waals surface area contributed by atoms with Crippen LogP contribution in [0.1, 0.15) is 64.2 Å². The quantitative estimate of drug-likeness (QED) is 0.694. The molecule has 3 saturated carbocycles. The van der Waals surface area contributed by atoms with Gasteiger partial charge in [0.15, 0.2) is 0 Å². The van der Waals surface area contributed by atoms with Crippen LogP contribution in [0.3, 0.4) is 0 Å². The number of ether oxygens (including phenoxy) is 1. The first-order chi connectivity index (χ1) is 8.75. The molecule has 3 rings (SSSR count). The Kier molecular flexibility index (Phi) is 3.38. The summed E-state index contributed by atoms with van der Waals surface area (Å²) in [5.41, 5.74) is 0.373. The van der Waals surface area contributed by atoms with Crippen LogP contribution >= 0.6 is 0 Å². The molecule has 3 aliphatic carbocycles. The molecule has 18 heavy (non-hydrogen) atoms. The highest BCUT2D eigenvalue weighted by molar-refractivity contribution is 5.76. The zero-order chi connectivity index (χ0) is 12.6. The van der Waals surface area contributed by atoms with Crippen molar-refractivity contribution in [2.24, 2.45) is 23.2 Å². The number of carbonyl (C=O) groups excluding carboxylic acids is 1. The van der Waals surface area contributed by atoms with Crippen LogP contribution < -0.4 is 0 Å². The summed E-state index contributed by atoms with van der Waals surface area (Å²) in [6.45, 7) is 0. The number of hydrogen-bond acceptors (Lipinski definition) is 2. The molecule has 0 amide bonds. The van der Waals surface area contributed by atoms with Crippen LogP contribution in [0.15, 0.2) is 0 Å². The van der Waals surface area contributed by atoms with Gasteiger partial charge in [-0.1, -0.05) is 32.1 Å². The molecular weight excluding hydrogens is 224 g/mol. The van der Waals surface area contributed by atoms with Crippen molar-refractivity contribution in [1.29, 1.82) is 0 Å². The Hall–Kier alpha value is -0.530. The molecule has 1 atom stereocenters. The molecule has 0 aromatic rings. The van der Waals surface area contributed by atoms with E-state index in [0.717, 1.165) is 18.3 Å². The minimum atomic E-state index is 0.0473. The fourth-order valence-corrected chi connectivity index (χ4v) is 4.67. The Labute approximate surface area is 110 Å². The molecule has 0 radical (unpaired) electrons. The Morgan fingerprint density at radius 3 is 2.22 bits per heavy atom. The van der Waals surface area contributed by atoms with E-state index in [0.29, 0.717) is 5.41 Å². The molecule has 1 unspecified atom stereocenters. The van der Waals surface area contributed by atoms with Gasteiger partial charge in [-0.2, -0.15) is 0 Å². The van der Waals surface area contributed by atoms with Crippen LogP contribution in [-0.2, 0) is 9.53 Å². The largest absolute Gasteiger partial charge is 0.469 e. The van der Waals surface area contributed by atoms with Crippen LogP contribution in [0, 0.1) is 23.2 Å². The Morgan fingerprint density at radius 2 is 1.61 bits per heavy atom. The smallest absolute Gasteiger partial charge is 0.309 e. The van der Waals surface area contributed by atoms with E-state index in [9.17, 15) is 4.79 Å². The van der Waals surface area contributed by atoms with E-state index in [1.54, 1.807) is 0 Å². The summed E-state index contributed by atoms with van der Waals surface area (Å²) in [4.78, 5) is 11.6. The summed E-state index contributed by atoms with van der Waals surface area (Å²) in [6.07, 6.45) is 13.7. The van der Waals surface area contributed by atoms with Gasteiger partial charge >= 0.3 is 5.97 Å². The number of esters is 1. The monoisotopic (exact) mass is 250 g/mol. The van der Waals surface area contributed by atoms with Crippen molar-refractivity contribution in [2.45, 2.75) is 64.2 Å². The molecule has 0 aromatic heterocycles. The number of rotatable bonds is 2. The molecular formula is C16H26O2.